The molecule has 2 N–H and O–H groups in total. The lowest BCUT2D eigenvalue weighted by Crippen LogP contribution is -2.29. The Hall–Kier alpha value is -1.75. The van der Waals surface area contributed by atoms with Crippen LogP contribution in [0, 0.1) is 5.92 Å². The third-order valence-corrected chi connectivity index (χ3v) is 3.88. The SMILES string of the molecule is CC1(C)Oc2ccc(NC(=O)CCC3CCNC3)cc2O1. The molecule has 2 heterocycles. The normalized spacial score (nSPS) is 22.3. The van der Waals surface area contributed by atoms with Crippen molar-refractivity contribution in [3.63, 3.8) is 0 Å². The van der Waals surface area contributed by atoms with Crippen molar-refractivity contribution in [2.24, 2.45) is 5.92 Å². The smallest absolute Gasteiger partial charge is 0.246 e. The number of rotatable bonds is 4. The molecule has 0 saturated carbocycles. The number of carbonyl (C=O) groups excluding carboxylic acids is 1. The maximum Gasteiger partial charge on any atom is 0.246 e. The van der Waals surface area contributed by atoms with E-state index in [-0.39, 0.29) is 5.91 Å². The van der Waals surface area contributed by atoms with E-state index >= 15 is 0 Å². The van der Waals surface area contributed by atoms with Crippen LogP contribution in [0.1, 0.15) is 33.1 Å². The van der Waals surface area contributed by atoms with Crippen LogP contribution in [0.2, 0.25) is 0 Å². The first kappa shape index (κ1) is 14.2. The minimum Gasteiger partial charge on any atom is -0.449 e. The molecule has 5 nitrogen and oxygen atoms in total. The molecular weight excluding hydrogens is 268 g/mol. The van der Waals surface area contributed by atoms with Gasteiger partial charge in [-0.2, -0.15) is 0 Å². The number of hydrogen-bond donors (Lipinski definition) is 2. The molecule has 1 aromatic rings. The summed E-state index contributed by atoms with van der Waals surface area (Å²) in [6.07, 6.45) is 2.68. The van der Waals surface area contributed by atoms with Crippen LogP contribution in [0.5, 0.6) is 11.5 Å². The molecule has 5 heteroatoms. The van der Waals surface area contributed by atoms with E-state index in [0.29, 0.717) is 18.1 Å². The fourth-order valence-electron chi connectivity index (χ4n) is 2.82. The van der Waals surface area contributed by atoms with Gasteiger partial charge in [0, 0.05) is 32.0 Å². The van der Waals surface area contributed by atoms with Crippen molar-refractivity contribution < 1.29 is 14.3 Å². The molecule has 2 aliphatic heterocycles. The quantitative estimate of drug-likeness (QED) is 0.894. The largest absolute Gasteiger partial charge is 0.449 e. The summed E-state index contributed by atoms with van der Waals surface area (Å²) in [5.74, 6) is 1.45. The van der Waals surface area contributed by atoms with Crippen LogP contribution in [0.3, 0.4) is 0 Å². The van der Waals surface area contributed by atoms with Gasteiger partial charge in [0.25, 0.3) is 0 Å². The van der Waals surface area contributed by atoms with Gasteiger partial charge in [-0.3, -0.25) is 4.79 Å². The van der Waals surface area contributed by atoms with Gasteiger partial charge in [0.2, 0.25) is 11.7 Å². The molecule has 0 aromatic heterocycles. The minimum absolute atomic E-state index is 0.0556. The van der Waals surface area contributed by atoms with Crippen molar-refractivity contribution in [2.75, 3.05) is 18.4 Å². The molecule has 1 aromatic carbocycles. The summed E-state index contributed by atoms with van der Waals surface area (Å²) in [6.45, 7) is 5.83. The van der Waals surface area contributed by atoms with Gasteiger partial charge in [0.1, 0.15) is 0 Å². The van der Waals surface area contributed by atoms with E-state index in [2.05, 4.69) is 10.6 Å². The molecule has 3 rings (SSSR count). The summed E-state index contributed by atoms with van der Waals surface area (Å²) in [5, 5.41) is 6.25. The lowest BCUT2D eigenvalue weighted by Gasteiger charge is -2.16. The zero-order valence-corrected chi connectivity index (χ0v) is 12.6. The van der Waals surface area contributed by atoms with E-state index in [1.54, 1.807) is 0 Å². The zero-order valence-electron chi connectivity index (χ0n) is 12.6. The highest BCUT2D eigenvalue weighted by molar-refractivity contribution is 5.91. The number of ether oxygens (including phenoxy) is 2. The second kappa shape index (κ2) is 5.56. The third kappa shape index (κ3) is 3.47. The molecule has 1 fully saturated rings. The summed E-state index contributed by atoms with van der Waals surface area (Å²) >= 11 is 0. The van der Waals surface area contributed by atoms with Crippen molar-refractivity contribution >= 4 is 11.6 Å². The number of hydrogen-bond acceptors (Lipinski definition) is 4. The monoisotopic (exact) mass is 290 g/mol. The highest BCUT2D eigenvalue weighted by Gasteiger charge is 2.31. The first-order chi connectivity index (χ1) is 10.0. The maximum absolute atomic E-state index is 12.0. The van der Waals surface area contributed by atoms with Gasteiger partial charge < -0.3 is 20.1 Å². The van der Waals surface area contributed by atoms with Crippen molar-refractivity contribution in [1.82, 2.24) is 5.32 Å². The summed E-state index contributed by atoms with van der Waals surface area (Å²) in [7, 11) is 0. The topological polar surface area (TPSA) is 59.6 Å². The van der Waals surface area contributed by atoms with E-state index < -0.39 is 5.79 Å². The number of amides is 1. The van der Waals surface area contributed by atoms with Crippen LogP contribution in [0.15, 0.2) is 18.2 Å². The van der Waals surface area contributed by atoms with Gasteiger partial charge in [-0.25, -0.2) is 0 Å². The van der Waals surface area contributed by atoms with Crippen molar-refractivity contribution in [3.05, 3.63) is 18.2 Å². The van der Waals surface area contributed by atoms with Crippen molar-refractivity contribution in [2.45, 2.75) is 38.9 Å². The van der Waals surface area contributed by atoms with Crippen molar-refractivity contribution in [1.29, 1.82) is 0 Å². The minimum atomic E-state index is -0.638. The maximum atomic E-state index is 12.0. The Morgan fingerprint density at radius 1 is 1.38 bits per heavy atom. The van der Waals surface area contributed by atoms with Crippen LogP contribution < -0.4 is 20.1 Å². The van der Waals surface area contributed by atoms with Crippen molar-refractivity contribution in [3.8, 4) is 11.5 Å². The lowest BCUT2D eigenvalue weighted by atomic mass is 10.0. The lowest BCUT2D eigenvalue weighted by molar-refractivity contribution is -0.116. The van der Waals surface area contributed by atoms with E-state index in [9.17, 15) is 4.79 Å². The van der Waals surface area contributed by atoms with Crippen LogP contribution in [-0.2, 0) is 4.79 Å². The number of anilines is 1. The van der Waals surface area contributed by atoms with Crippen LogP contribution in [-0.4, -0.2) is 24.8 Å². The molecule has 0 bridgehead atoms. The predicted molar refractivity (Wildman–Crippen MR) is 80.6 cm³/mol. The molecule has 2 aliphatic rings. The highest BCUT2D eigenvalue weighted by Crippen LogP contribution is 2.40. The van der Waals surface area contributed by atoms with E-state index in [4.69, 9.17) is 9.47 Å². The molecule has 1 amide bonds. The first-order valence-electron chi connectivity index (χ1n) is 7.54. The van der Waals surface area contributed by atoms with Gasteiger partial charge in [-0.1, -0.05) is 0 Å². The Labute approximate surface area is 125 Å². The molecule has 114 valence electrons. The third-order valence-electron chi connectivity index (χ3n) is 3.88. The molecule has 1 atom stereocenters. The Kier molecular flexibility index (Phi) is 3.76. The zero-order chi connectivity index (χ0) is 14.9. The Bertz CT molecular complexity index is 536. The molecule has 0 radical (unpaired) electrons. The fourth-order valence-corrected chi connectivity index (χ4v) is 2.82. The number of benzene rings is 1. The number of carbonyl (C=O) groups is 1. The fraction of sp³-hybridized carbons (Fsp3) is 0.562. The second-order valence-corrected chi connectivity index (χ2v) is 6.21. The van der Waals surface area contributed by atoms with Gasteiger partial charge in [0.05, 0.1) is 0 Å². The van der Waals surface area contributed by atoms with Gasteiger partial charge in [-0.05, 0) is 44.0 Å². The van der Waals surface area contributed by atoms with Gasteiger partial charge in [-0.15, -0.1) is 0 Å². The van der Waals surface area contributed by atoms with Gasteiger partial charge in [0.15, 0.2) is 11.5 Å². The van der Waals surface area contributed by atoms with E-state index in [0.717, 1.165) is 30.9 Å². The van der Waals surface area contributed by atoms with E-state index in [1.165, 1.54) is 6.42 Å². The number of fused-ring (bicyclic) bond motifs is 1. The molecule has 21 heavy (non-hydrogen) atoms. The summed E-state index contributed by atoms with van der Waals surface area (Å²) in [4.78, 5) is 12.0. The number of nitrogens with one attached hydrogen (secondary N) is 2. The first-order valence-corrected chi connectivity index (χ1v) is 7.54. The summed E-state index contributed by atoms with van der Waals surface area (Å²) in [5.41, 5.74) is 0.754. The Morgan fingerprint density at radius 3 is 2.95 bits per heavy atom. The average Bonchev–Trinajstić information content (AvgIpc) is 3.01. The van der Waals surface area contributed by atoms with Crippen LogP contribution >= 0.6 is 0 Å². The molecule has 1 unspecified atom stereocenters. The molecule has 0 spiro atoms. The van der Waals surface area contributed by atoms with E-state index in [1.807, 2.05) is 32.0 Å². The van der Waals surface area contributed by atoms with Gasteiger partial charge >= 0.3 is 0 Å². The summed E-state index contributed by atoms with van der Waals surface area (Å²) < 4.78 is 11.3. The molecule has 0 aliphatic carbocycles. The summed E-state index contributed by atoms with van der Waals surface area (Å²) in [6, 6.07) is 5.50. The Morgan fingerprint density at radius 2 is 2.19 bits per heavy atom. The molecule has 1 saturated heterocycles. The molecular formula is C16H22N2O3. The predicted octanol–water partition coefficient (Wildman–Crippen LogP) is 2.52. The second-order valence-electron chi connectivity index (χ2n) is 6.21. The highest BCUT2D eigenvalue weighted by atomic mass is 16.7. The average molecular weight is 290 g/mol. The Balaban J connectivity index is 1.54. The standard InChI is InChI=1S/C16H22N2O3/c1-16(2)20-13-5-4-12(9-14(13)21-16)18-15(19)6-3-11-7-8-17-10-11/h4-5,9,11,17H,3,6-8,10H2,1-2H3,(H,18,19). The van der Waals surface area contributed by atoms with Crippen LogP contribution in [0.25, 0.3) is 0 Å². The van der Waals surface area contributed by atoms with Crippen LogP contribution in [0.4, 0.5) is 5.69 Å².